The van der Waals surface area contributed by atoms with E-state index >= 15 is 0 Å². The third-order valence-corrected chi connectivity index (χ3v) is 5.15. The number of halogens is 3. The minimum atomic E-state index is -0.772. The zero-order valence-corrected chi connectivity index (χ0v) is 12.4. The molecule has 0 aliphatic heterocycles. The summed E-state index contributed by atoms with van der Waals surface area (Å²) >= 11 is 3.74. The van der Waals surface area contributed by atoms with E-state index in [0.29, 0.717) is 16.2 Å². The molecule has 1 aliphatic rings. The van der Waals surface area contributed by atoms with Gasteiger partial charge in [-0.05, 0) is 48.3 Å². The molecule has 0 saturated heterocycles. The Hall–Kier alpha value is -0.440. The lowest BCUT2D eigenvalue weighted by molar-refractivity contribution is 0.255. The van der Waals surface area contributed by atoms with Crippen LogP contribution in [0.25, 0.3) is 0 Å². The van der Waals surface area contributed by atoms with Crippen molar-refractivity contribution in [2.75, 3.05) is 0 Å². The van der Waals surface area contributed by atoms with Crippen molar-refractivity contribution >= 4 is 15.9 Å². The first-order chi connectivity index (χ1) is 8.40. The molecule has 2 atom stereocenters. The van der Waals surface area contributed by atoms with Crippen LogP contribution in [0.5, 0.6) is 0 Å². The predicted molar refractivity (Wildman–Crippen MR) is 73.9 cm³/mol. The summed E-state index contributed by atoms with van der Waals surface area (Å²) in [5.41, 5.74) is 1.20. The minimum Gasteiger partial charge on any atom is -0.204 e. The van der Waals surface area contributed by atoms with Crippen LogP contribution in [0.4, 0.5) is 8.78 Å². The van der Waals surface area contributed by atoms with Gasteiger partial charge < -0.3 is 0 Å². The second-order valence-electron chi connectivity index (χ2n) is 5.96. The van der Waals surface area contributed by atoms with Gasteiger partial charge in [0.15, 0.2) is 11.6 Å². The number of benzene rings is 1. The molecule has 0 heterocycles. The molecule has 0 amide bonds. The molecular formula is C15H19BrF2. The Morgan fingerprint density at radius 1 is 1.33 bits per heavy atom. The van der Waals surface area contributed by atoms with Gasteiger partial charge in [0.05, 0.1) is 0 Å². The monoisotopic (exact) mass is 316 g/mol. The van der Waals surface area contributed by atoms with E-state index in [0.717, 1.165) is 12.0 Å². The SMILES string of the molecule is CC1(C)CCCC1C(Br)Cc1ccc(F)c(F)c1. The molecule has 18 heavy (non-hydrogen) atoms. The van der Waals surface area contributed by atoms with Gasteiger partial charge >= 0.3 is 0 Å². The molecule has 100 valence electrons. The van der Waals surface area contributed by atoms with Gasteiger partial charge in [0.1, 0.15) is 0 Å². The van der Waals surface area contributed by atoms with E-state index in [4.69, 9.17) is 0 Å². The Kier molecular flexibility index (Phi) is 4.10. The highest BCUT2D eigenvalue weighted by Crippen LogP contribution is 2.46. The molecule has 1 saturated carbocycles. The number of hydrogen-bond acceptors (Lipinski definition) is 0. The molecule has 0 radical (unpaired) electrons. The van der Waals surface area contributed by atoms with Crippen LogP contribution < -0.4 is 0 Å². The molecule has 0 spiro atoms. The van der Waals surface area contributed by atoms with Crippen LogP contribution >= 0.6 is 15.9 Å². The minimum absolute atomic E-state index is 0.333. The smallest absolute Gasteiger partial charge is 0.159 e. The zero-order chi connectivity index (χ0) is 13.3. The second-order valence-corrected chi connectivity index (χ2v) is 7.13. The quantitative estimate of drug-likeness (QED) is 0.681. The second kappa shape index (κ2) is 5.28. The molecule has 1 aromatic carbocycles. The lowest BCUT2D eigenvalue weighted by atomic mass is 9.79. The molecule has 2 unspecified atom stereocenters. The summed E-state index contributed by atoms with van der Waals surface area (Å²) < 4.78 is 26.0. The van der Waals surface area contributed by atoms with E-state index in [1.54, 1.807) is 6.07 Å². The van der Waals surface area contributed by atoms with Crippen molar-refractivity contribution in [2.24, 2.45) is 11.3 Å². The largest absolute Gasteiger partial charge is 0.204 e. The number of hydrogen-bond donors (Lipinski definition) is 0. The Morgan fingerprint density at radius 2 is 2.06 bits per heavy atom. The first-order valence-corrected chi connectivity index (χ1v) is 7.40. The van der Waals surface area contributed by atoms with E-state index in [-0.39, 0.29) is 0 Å². The van der Waals surface area contributed by atoms with Crippen LogP contribution in [0.1, 0.15) is 38.7 Å². The highest BCUT2D eigenvalue weighted by molar-refractivity contribution is 9.09. The van der Waals surface area contributed by atoms with Crippen molar-refractivity contribution in [2.45, 2.75) is 44.4 Å². The molecule has 1 aliphatic carbocycles. The van der Waals surface area contributed by atoms with Crippen LogP contribution in [0.3, 0.4) is 0 Å². The Labute approximate surface area is 116 Å². The standard InChI is InChI=1S/C15H19BrF2/c1-15(2)7-3-4-11(15)12(16)8-10-5-6-13(17)14(18)9-10/h5-6,9,11-12H,3-4,7-8H2,1-2H3. The van der Waals surface area contributed by atoms with Crippen LogP contribution in [0.15, 0.2) is 18.2 Å². The van der Waals surface area contributed by atoms with Crippen molar-refractivity contribution in [3.63, 3.8) is 0 Å². The number of alkyl halides is 1. The van der Waals surface area contributed by atoms with E-state index in [2.05, 4.69) is 29.8 Å². The number of rotatable bonds is 3. The van der Waals surface area contributed by atoms with Gasteiger partial charge in [-0.2, -0.15) is 0 Å². The Bertz CT molecular complexity index is 429. The van der Waals surface area contributed by atoms with Gasteiger partial charge in [0.25, 0.3) is 0 Å². The van der Waals surface area contributed by atoms with Crippen molar-refractivity contribution in [1.82, 2.24) is 0 Å². The first kappa shape index (κ1) is 14.0. The van der Waals surface area contributed by atoms with Crippen molar-refractivity contribution in [1.29, 1.82) is 0 Å². The van der Waals surface area contributed by atoms with Gasteiger partial charge in [-0.1, -0.05) is 42.3 Å². The van der Waals surface area contributed by atoms with E-state index < -0.39 is 11.6 Å². The normalized spacial score (nSPS) is 24.2. The maximum absolute atomic E-state index is 13.2. The fourth-order valence-electron chi connectivity index (χ4n) is 3.06. The highest BCUT2D eigenvalue weighted by Gasteiger charge is 2.38. The lowest BCUT2D eigenvalue weighted by Gasteiger charge is -2.31. The van der Waals surface area contributed by atoms with Gasteiger partial charge in [-0.3, -0.25) is 0 Å². The molecule has 1 fully saturated rings. The first-order valence-electron chi connectivity index (χ1n) is 6.48. The van der Waals surface area contributed by atoms with Crippen LogP contribution in [-0.2, 0) is 6.42 Å². The van der Waals surface area contributed by atoms with E-state index in [9.17, 15) is 8.78 Å². The fourth-order valence-corrected chi connectivity index (χ4v) is 4.41. The summed E-state index contributed by atoms with van der Waals surface area (Å²) in [5.74, 6) is -0.922. The fraction of sp³-hybridized carbons (Fsp3) is 0.600. The maximum Gasteiger partial charge on any atom is 0.159 e. The molecule has 0 aromatic heterocycles. The third-order valence-electron chi connectivity index (χ3n) is 4.19. The molecule has 0 nitrogen and oxygen atoms in total. The summed E-state index contributed by atoms with van der Waals surface area (Å²) in [7, 11) is 0. The summed E-state index contributed by atoms with van der Waals surface area (Å²) in [4.78, 5) is 0.333. The third kappa shape index (κ3) is 2.93. The van der Waals surface area contributed by atoms with E-state index in [1.165, 1.54) is 31.4 Å². The summed E-state index contributed by atoms with van der Waals surface area (Å²) in [6.45, 7) is 4.59. The van der Waals surface area contributed by atoms with Crippen molar-refractivity contribution in [3.05, 3.63) is 35.4 Å². The van der Waals surface area contributed by atoms with Crippen LogP contribution in [-0.4, -0.2) is 4.83 Å². The van der Waals surface area contributed by atoms with Gasteiger partial charge in [-0.15, -0.1) is 0 Å². The summed E-state index contributed by atoms with van der Waals surface area (Å²) in [6.07, 6.45) is 4.48. The molecule has 2 rings (SSSR count). The summed E-state index contributed by atoms with van der Waals surface area (Å²) in [6, 6.07) is 4.20. The Balaban J connectivity index is 2.07. The topological polar surface area (TPSA) is 0 Å². The average molecular weight is 317 g/mol. The maximum atomic E-state index is 13.2. The van der Waals surface area contributed by atoms with Gasteiger partial charge in [0, 0.05) is 4.83 Å². The molecule has 0 N–H and O–H groups in total. The van der Waals surface area contributed by atoms with Gasteiger partial charge in [-0.25, -0.2) is 8.78 Å². The van der Waals surface area contributed by atoms with Crippen LogP contribution in [0, 0.1) is 23.0 Å². The molecular weight excluding hydrogens is 298 g/mol. The molecule has 1 aromatic rings. The highest BCUT2D eigenvalue weighted by atomic mass is 79.9. The predicted octanol–water partition coefficient (Wildman–Crippen LogP) is 5.10. The van der Waals surface area contributed by atoms with E-state index in [1.807, 2.05) is 0 Å². The lowest BCUT2D eigenvalue weighted by Crippen LogP contribution is -2.27. The van der Waals surface area contributed by atoms with Gasteiger partial charge in [0.2, 0.25) is 0 Å². The molecule has 0 bridgehead atoms. The average Bonchev–Trinajstić information content (AvgIpc) is 2.63. The Morgan fingerprint density at radius 3 is 2.61 bits per heavy atom. The molecule has 3 heteroatoms. The van der Waals surface area contributed by atoms with Crippen LogP contribution in [0.2, 0.25) is 0 Å². The zero-order valence-electron chi connectivity index (χ0n) is 10.8. The van der Waals surface area contributed by atoms with Crippen molar-refractivity contribution in [3.8, 4) is 0 Å². The van der Waals surface area contributed by atoms with Crippen molar-refractivity contribution < 1.29 is 8.78 Å². The summed E-state index contributed by atoms with van der Waals surface area (Å²) in [5, 5.41) is 0.